The lowest BCUT2D eigenvalue weighted by atomic mass is 10.1. The summed E-state index contributed by atoms with van der Waals surface area (Å²) in [6.45, 7) is 0. The van der Waals surface area contributed by atoms with Gasteiger partial charge in [-0.25, -0.2) is 9.59 Å². The zero-order valence-electron chi connectivity index (χ0n) is 10.9. The second-order valence-corrected chi connectivity index (χ2v) is 4.66. The molecule has 0 radical (unpaired) electrons. The van der Waals surface area contributed by atoms with E-state index in [9.17, 15) is 9.59 Å². The van der Waals surface area contributed by atoms with Crippen molar-refractivity contribution in [2.45, 2.75) is 31.3 Å². The molecule has 0 aromatic heterocycles. The largest absolute Gasteiger partial charge is 0.467 e. The molecule has 2 rings (SSSR count). The van der Waals surface area contributed by atoms with Crippen LogP contribution in [0, 0.1) is 0 Å². The van der Waals surface area contributed by atoms with Crippen LogP contribution in [0.5, 0.6) is 0 Å². The molecular weight excluding hydrogens is 244 g/mol. The van der Waals surface area contributed by atoms with E-state index in [2.05, 4.69) is 10.6 Å². The summed E-state index contributed by atoms with van der Waals surface area (Å²) in [4.78, 5) is 23.4. The van der Waals surface area contributed by atoms with Crippen LogP contribution in [0.2, 0.25) is 0 Å². The number of nitrogens with one attached hydrogen (secondary N) is 2. The highest BCUT2D eigenvalue weighted by atomic mass is 16.5. The minimum Gasteiger partial charge on any atom is -0.467 e. The van der Waals surface area contributed by atoms with Gasteiger partial charge in [-0.1, -0.05) is 30.3 Å². The van der Waals surface area contributed by atoms with E-state index in [1.54, 1.807) is 0 Å². The van der Waals surface area contributed by atoms with E-state index < -0.39 is 12.0 Å². The summed E-state index contributed by atoms with van der Waals surface area (Å²) >= 11 is 0. The fourth-order valence-electron chi connectivity index (χ4n) is 1.80. The summed E-state index contributed by atoms with van der Waals surface area (Å²) in [5.74, 6) is -0.435. The van der Waals surface area contributed by atoms with Crippen LogP contribution >= 0.6 is 0 Å². The topological polar surface area (TPSA) is 67.4 Å². The Morgan fingerprint density at radius 2 is 2.00 bits per heavy atom. The van der Waals surface area contributed by atoms with E-state index in [0.29, 0.717) is 6.42 Å². The lowest BCUT2D eigenvalue weighted by molar-refractivity contribution is -0.142. The average Bonchev–Trinajstić information content (AvgIpc) is 3.22. The first-order valence-electron chi connectivity index (χ1n) is 6.38. The molecule has 102 valence electrons. The number of carbonyl (C=O) groups is 2. The third-order valence-corrected chi connectivity index (χ3v) is 2.99. The van der Waals surface area contributed by atoms with Crippen molar-refractivity contribution in [2.24, 2.45) is 0 Å². The van der Waals surface area contributed by atoms with Crippen molar-refractivity contribution in [2.75, 3.05) is 7.11 Å². The molecule has 0 aliphatic heterocycles. The average molecular weight is 262 g/mol. The zero-order chi connectivity index (χ0) is 13.7. The van der Waals surface area contributed by atoms with Gasteiger partial charge >= 0.3 is 12.0 Å². The van der Waals surface area contributed by atoms with Gasteiger partial charge in [0.25, 0.3) is 0 Å². The van der Waals surface area contributed by atoms with E-state index in [4.69, 9.17) is 4.74 Å². The molecule has 1 fully saturated rings. The molecule has 2 amide bonds. The molecule has 0 unspecified atom stereocenters. The molecule has 19 heavy (non-hydrogen) atoms. The van der Waals surface area contributed by atoms with E-state index in [-0.39, 0.29) is 12.1 Å². The second-order valence-electron chi connectivity index (χ2n) is 4.66. The van der Waals surface area contributed by atoms with Crippen molar-refractivity contribution in [1.29, 1.82) is 0 Å². The SMILES string of the molecule is COC(=O)[C@H](Cc1ccccc1)NC(=O)NC1CC1. The summed E-state index contributed by atoms with van der Waals surface area (Å²) in [5, 5.41) is 5.45. The number of esters is 1. The van der Waals surface area contributed by atoms with Gasteiger partial charge in [-0.05, 0) is 18.4 Å². The normalized spacial score (nSPS) is 15.4. The van der Waals surface area contributed by atoms with Gasteiger partial charge in [0.2, 0.25) is 0 Å². The number of hydrogen-bond acceptors (Lipinski definition) is 3. The van der Waals surface area contributed by atoms with E-state index in [1.165, 1.54) is 7.11 Å². The molecule has 1 aromatic carbocycles. The van der Waals surface area contributed by atoms with E-state index in [0.717, 1.165) is 18.4 Å². The van der Waals surface area contributed by atoms with Crippen LogP contribution in [-0.2, 0) is 16.0 Å². The lowest BCUT2D eigenvalue weighted by Crippen LogP contribution is -2.48. The maximum atomic E-state index is 11.7. The molecule has 2 N–H and O–H groups in total. The molecule has 5 nitrogen and oxygen atoms in total. The summed E-state index contributed by atoms with van der Waals surface area (Å²) in [5.41, 5.74) is 0.977. The van der Waals surface area contributed by atoms with Gasteiger partial charge in [0.1, 0.15) is 6.04 Å². The van der Waals surface area contributed by atoms with E-state index >= 15 is 0 Å². The first-order valence-corrected chi connectivity index (χ1v) is 6.38. The van der Waals surface area contributed by atoms with Crippen LogP contribution in [0.4, 0.5) is 4.79 Å². The highest BCUT2D eigenvalue weighted by Gasteiger charge is 2.26. The summed E-state index contributed by atoms with van der Waals surface area (Å²) < 4.78 is 4.72. The van der Waals surface area contributed by atoms with Crippen molar-refractivity contribution in [3.63, 3.8) is 0 Å². The first kappa shape index (κ1) is 13.4. The van der Waals surface area contributed by atoms with Crippen molar-refractivity contribution < 1.29 is 14.3 Å². The molecule has 1 saturated carbocycles. The second kappa shape index (κ2) is 6.22. The van der Waals surface area contributed by atoms with Gasteiger partial charge in [-0.15, -0.1) is 0 Å². The third kappa shape index (κ3) is 4.28. The Labute approximate surface area is 112 Å². The molecule has 0 spiro atoms. The number of carbonyl (C=O) groups excluding carboxylic acids is 2. The van der Waals surface area contributed by atoms with E-state index in [1.807, 2.05) is 30.3 Å². The number of urea groups is 1. The van der Waals surface area contributed by atoms with Crippen molar-refractivity contribution in [3.8, 4) is 0 Å². The monoisotopic (exact) mass is 262 g/mol. The van der Waals surface area contributed by atoms with Crippen molar-refractivity contribution >= 4 is 12.0 Å². The number of hydrogen-bond donors (Lipinski definition) is 2. The highest BCUT2D eigenvalue weighted by Crippen LogP contribution is 2.18. The van der Waals surface area contributed by atoms with Gasteiger partial charge in [-0.3, -0.25) is 0 Å². The molecule has 1 aromatic rings. The molecule has 0 heterocycles. The number of amides is 2. The van der Waals surface area contributed by atoms with Gasteiger partial charge in [0, 0.05) is 12.5 Å². The fraction of sp³-hybridized carbons (Fsp3) is 0.429. The van der Waals surface area contributed by atoms with Gasteiger partial charge in [0.05, 0.1) is 7.11 Å². The van der Waals surface area contributed by atoms with Crippen molar-refractivity contribution in [1.82, 2.24) is 10.6 Å². The molecule has 1 aliphatic carbocycles. The van der Waals surface area contributed by atoms with Crippen LogP contribution in [0.25, 0.3) is 0 Å². The van der Waals surface area contributed by atoms with Crippen LogP contribution in [0.3, 0.4) is 0 Å². The summed E-state index contributed by atoms with van der Waals surface area (Å²) in [7, 11) is 1.32. The van der Waals surface area contributed by atoms with Gasteiger partial charge < -0.3 is 15.4 Å². The number of benzene rings is 1. The highest BCUT2D eigenvalue weighted by molar-refractivity contribution is 5.84. The van der Waals surface area contributed by atoms with Gasteiger partial charge in [-0.2, -0.15) is 0 Å². The predicted molar refractivity (Wildman–Crippen MR) is 70.6 cm³/mol. The maximum Gasteiger partial charge on any atom is 0.328 e. The van der Waals surface area contributed by atoms with Crippen LogP contribution in [0.15, 0.2) is 30.3 Å². The summed E-state index contributed by atoms with van der Waals surface area (Å²) in [6, 6.07) is 8.81. The predicted octanol–water partition coefficient (Wildman–Crippen LogP) is 1.23. The Balaban J connectivity index is 1.94. The number of ether oxygens (including phenoxy) is 1. The molecule has 5 heteroatoms. The molecule has 1 atom stereocenters. The minimum atomic E-state index is -0.661. The Kier molecular flexibility index (Phi) is 4.39. The van der Waals surface area contributed by atoms with Crippen LogP contribution < -0.4 is 10.6 Å². The maximum absolute atomic E-state index is 11.7. The molecule has 0 bridgehead atoms. The third-order valence-electron chi connectivity index (χ3n) is 2.99. The van der Waals surface area contributed by atoms with Gasteiger partial charge in [0.15, 0.2) is 0 Å². The van der Waals surface area contributed by atoms with Crippen molar-refractivity contribution in [3.05, 3.63) is 35.9 Å². The lowest BCUT2D eigenvalue weighted by Gasteiger charge is -2.17. The Morgan fingerprint density at radius 3 is 2.58 bits per heavy atom. The Hall–Kier alpha value is -2.04. The Bertz CT molecular complexity index is 443. The molecule has 0 saturated heterocycles. The summed E-state index contributed by atoms with van der Waals surface area (Å²) in [6.07, 6.45) is 2.44. The van der Waals surface area contributed by atoms with Crippen LogP contribution in [0.1, 0.15) is 18.4 Å². The molecule has 1 aliphatic rings. The number of methoxy groups -OCH3 is 1. The molecular formula is C14H18N2O3. The number of rotatable bonds is 5. The zero-order valence-corrected chi connectivity index (χ0v) is 10.9. The fourth-order valence-corrected chi connectivity index (χ4v) is 1.80. The minimum absolute atomic E-state index is 0.259. The quantitative estimate of drug-likeness (QED) is 0.784. The Morgan fingerprint density at radius 1 is 1.32 bits per heavy atom. The standard InChI is InChI=1S/C14H18N2O3/c1-19-13(17)12(9-10-5-3-2-4-6-10)16-14(18)15-11-7-8-11/h2-6,11-12H,7-9H2,1H3,(H2,15,16,18)/t12-/m0/s1. The van der Waals surface area contributed by atoms with Crippen LogP contribution in [-0.4, -0.2) is 31.2 Å². The first-order chi connectivity index (χ1) is 9.19. The smallest absolute Gasteiger partial charge is 0.328 e.